The van der Waals surface area contributed by atoms with Gasteiger partial charge in [-0.15, -0.1) is 0 Å². The molecule has 0 radical (unpaired) electrons. The van der Waals surface area contributed by atoms with E-state index in [0.29, 0.717) is 0 Å². The summed E-state index contributed by atoms with van der Waals surface area (Å²) in [6, 6.07) is 0. The van der Waals surface area contributed by atoms with Crippen LogP contribution in [0.2, 0.25) is 0 Å². The van der Waals surface area contributed by atoms with Gasteiger partial charge in [0.25, 0.3) is 5.91 Å². The van der Waals surface area contributed by atoms with Gasteiger partial charge < -0.3 is 5.73 Å². The molecule has 0 saturated heterocycles. The highest BCUT2D eigenvalue weighted by atomic mass is 79.9. The lowest BCUT2D eigenvalue weighted by Crippen LogP contribution is -2.16. The number of carbonyl (C=O) groups excluding carboxylic acids is 1. The average molecular weight is 272 g/mol. The van der Waals surface area contributed by atoms with Crippen LogP contribution in [0.15, 0.2) is 4.47 Å². The normalized spacial score (nSPS) is 11.8. The molecule has 0 spiro atoms. The molecule has 78 valence electrons. The van der Waals surface area contributed by atoms with E-state index in [1.54, 1.807) is 0 Å². The van der Waals surface area contributed by atoms with E-state index in [0.717, 1.165) is 4.68 Å². The second kappa shape index (κ2) is 3.26. The van der Waals surface area contributed by atoms with Crippen molar-refractivity contribution in [1.82, 2.24) is 9.78 Å². The lowest BCUT2D eigenvalue weighted by molar-refractivity contribution is -0.142. The third kappa shape index (κ3) is 1.74. The van der Waals surface area contributed by atoms with Crippen LogP contribution in [0.5, 0.6) is 0 Å². The van der Waals surface area contributed by atoms with E-state index in [1.165, 1.54) is 7.05 Å². The van der Waals surface area contributed by atoms with Crippen molar-refractivity contribution < 1.29 is 18.0 Å². The molecule has 1 aromatic heterocycles. The second-order valence-electron chi connectivity index (χ2n) is 2.50. The molecule has 0 aliphatic rings. The topological polar surface area (TPSA) is 60.9 Å². The van der Waals surface area contributed by atoms with Gasteiger partial charge in [0.05, 0.1) is 4.47 Å². The first kappa shape index (κ1) is 11.0. The van der Waals surface area contributed by atoms with Crippen molar-refractivity contribution in [2.75, 3.05) is 0 Å². The number of amides is 1. The Kier molecular flexibility index (Phi) is 2.57. The molecule has 0 aliphatic heterocycles. The highest BCUT2D eigenvalue weighted by Crippen LogP contribution is 2.35. The maximum Gasteiger partial charge on any atom is 0.436 e. The van der Waals surface area contributed by atoms with Crippen molar-refractivity contribution in [3.8, 4) is 0 Å². The van der Waals surface area contributed by atoms with Gasteiger partial charge in [0.2, 0.25) is 0 Å². The summed E-state index contributed by atoms with van der Waals surface area (Å²) in [7, 11) is 1.21. The molecular formula is C6H5BrF3N3O. The summed E-state index contributed by atoms with van der Waals surface area (Å²) in [5, 5.41) is 3.15. The number of carbonyl (C=O) groups is 1. The van der Waals surface area contributed by atoms with Crippen molar-refractivity contribution in [3.63, 3.8) is 0 Å². The summed E-state index contributed by atoms with van der Waals surface area (Å²) < 4.78 is 37.1. The van der Waals surface area contributed by atoms with Gasteiger partial charge in [-0.3, -0.25) is 9.48 Å². The minimum Gasteiger partial charge on any atom is -0.364 e. The van der Waals surface area contributed by atoms with Crippen LogP contribution in [-0.2, 0) is 13.2 Å². The molecule has 14 heavy (non-hydrogen) atoms. The highest BCUT2D eigenvalue weighted by Gasteiger charge is 2.39. The van der Waals surface area contributed by atoms with Gasteiger partial charge in [-0.05, 0) is 15.9 Å². The molecule has 0 fully saturated rings. The van der Waals surface area contributed by atoms with Crippen molar-refractivity contribution in [3.05, 3.63) is 15.9 Å². The van der Waals surface area contributed by atoms with Gasteiger partial charge in [0.1, 0.15) is 5.69 Å². The predicted molar refractivity (Wildman–Crippen MR) is 44.4 cm³/mol. The molecule has 0 unspecified atom stereocenters. The van der Waals surface area contributed by atoms with Gasteiger partial charge in [-0.2, -0.15) is 18.3 Å². The summed E-state index contributed by atoms with van der Waals surface area (Å²) in [6.07, 6.45) is -4.61. The molecule has 8 heteroatoms. The quantitative estimate of drug-likeness (QED) is 0.837. The number of alkyl halides is 3. The molecule has 0 atom stereocenters. The summed E-state index contributed by atoms with van der Waals surface area (Å²) >= 11 is 2.63. The van der Waals surface area contributed by atoms with E-state index >= 15 is 0 Å². The molecule has 1 amide bonds. The molecule has 1 rings (SSSR count). The molecule has 0 aromatic carbocycles. The number of hydrogen-bond acceptors (Lipinski definition) is 2. The van der Waals surface area contributed by atoms with Crippen LogP contribution in [0, 0.1) is 0 Å². The number of hydrogen-bond donors (Lipinski definition) is 1. The van der Waals surface area contributed by atoms with E-state index in [4.69, 9.17) is 5.73 Å². The maximum atomic E-state index is 12.2. The Morgan fingerprint density at radius 3 is 2.29 bits per heavy atom. The zero-order valence-corrected chi connectivity index (χ0v) is 8.48. The van der Waals surface area contributed by atoms with Crippen molar-refractivity contribution >= 4 is 21.8 Å². The van der Waals surface area contributed by atoms with E-state index in [-0.39, 0.29) is 5.69 Å². The largest absolute Gasteiger partial charge is 0.436 e. The Bertz CT molecular complexity index is 384. The fourth-order valence-corrected chi connectivity index (χ4v) is 1.70. The number of primary amides is 1. The minimum absolute atomic E-state index is 0.308. The van der Waals surface area contributed by atoms with Crippen LogP contribution >= 0.6 is 15.9 Å². The number of aromatic nitrogens is 2. The fourth-order valence-electron chi connectivity index (χ4n) is 0.947. The van der Waals surface area contributed by atoms with Crippen molar-refractivity contribution in [1.29, 1.82) is 0 Å². The van der Waals surface area contributed by atoms with Gasteiger partial charge >= 0.3 is 6.18 Å². The van der Waals surface area contributed by atoms with Crippen LogP contribution in [0.25, 0.3) is 0 Å². The zero-order valence-electron chi connectivity index (χ0n) is 6.89. The van der Waals surface area contributed by atoms with E-state index in [2.05, 4.69) is 21.0 Å². The van der Waals surface area contributed by atoms with E-state index in [9.17, 15) is 18.0 Å². The average Bonchev–Trinajstić information content (AvgIpc) is 2.24. The van der Waals surface area contributed by atoms with Gasteiger partial charge in [0.15, 0.2) is 5.69 Å². The van der Waals surface area contributed by atoms with Crippen molar-refractivity contribution in [2.24, 2.45) is 12.8 Å². The summed E-state index contributed by atoms with van der Waals surface area (Å²) in [5.74, 6) is -0.970. The van der Waals surface area contributed by atoms with Crippen LogP contribution in [-0.4, -0.2) is 15.7 Å². The van der Waals surface area contributed by atoms with E-state index in [1.807, 2.05) is 0 Å². The number of halogens is 4. The smallest absolute Gasteiger partial charge is 0.364 e. The molecule has 0 aliphatic carbocycles. The summed E-state index contributed by atoms with van der Waals surface area (Å²) in [5.41, 5.74) is 3.41. The van der Waals surface area contributed by atoms with Crippen LogP contribution < -0.4 is 5.73 Å². The SMILES string of the molecule is Cn1nc(C(F)(F)F)c(Br)c1C(N)=O. The highest BCUT2D eigenvalue weighted by molar-refractivity contribution is 9.10. The molecular weight excluding hydrogens is 267 g/mol. The Labute approximate surface area is 85.0 Å². The first-order valence-electron chi connectivity index (χ1n) is 3.34. The zero-order chi connectivity index (χ0) is 11.1. The van der Waals surface area contributed by atoms with Crippen LogP contribution in [0.1, 0.15) is 16.2 Å². The molecule has 4 nitrogen and oxygen atoms in total. The third-order valence-electron chi connectivity index (χ3n) is 1.49. The molecule has 0 bridgehead atoms. The Morgan fingerprint density at radius 1 is 1.57 bits per heavy atom. The number of nitrogens with two attached hydrogens (primary N) is 1. The summed E-state index contributed by atoms with van der Waals surface area (Å²) in [4.78, 5) is 10.7. The third-order valence-corrected chi connectivity index (χ3v) is 2.24. The van der Waals surface area contributed by atoms with E-state index < -0.39 is 22.3 Å². The lowest BCUT2D eigenvalue weighted by atomic mass is 10.3. The Balaban J connectivity index is 3.39. The number of rotatable bonds is 1. The standard InChI is InChI=1S/C6H5BrF3N3O/c1-13-3(5(11)14)2(7)4(12-13)6(8,9)10/h1H3,(H2,11,14). The number of aryl methyl sites for hydroxylation is 1. The molecule has 1 heterocycles. The van der Waals surface area contributed by atoms with Crippen LogP contribution in [0.3, 0.4) is 0 Å². The minimum atomic E-state index is -4.61. The predicted octanol–water partition coefficient (Wildman–Crippen LogP) is 1.30. The lowest BCUT2D eigenvalue weighted by Gasteiger charge is -2.01. The van der Waals surface area contributed by atoms with Gasteiger partial charge in [-0.25, -0.2) is 0 Å². The first-order valence-corrected chi connectivity index (χ1v) is 4.14. The van der Waals surface area contributed by atoms with Gasteiger partial charge in [0, 0.05) is 7.05 Å². The number of nitrogens with zero attached hydrogens (tertiary/aromatic N) is 2. The molecule has 1 aromatic rings. The second-order valence-corrected chi connectivity index (χ2v) is 3.29. The molecule has 2 N–H and O–H groups in total. The van der Waals surface area contributed by atoms with Crippen LogP contribution in [0.4, 0.5) is 13.2 Å². The Morgan fingerprint density at radius 2 is 2.07 bits per heavy atom. The summed E-state index contributed by atoms with van der Waals surface area (Å²) in [6.45, 7) is 0. The van der Waals surface area contributed by atoms with Crippen molar-refractivity contribution in [2.45, 2.75) is 6.18 Å². The first-order chi connectivity index (χ1) is 6.25. The Hall–Kier alpha value is -1.05. The fraction of sp³-hybridized carbons (Fsp3) is 0.333. The monoisotopic (exact) mass is 271 g/mol. The van der Waals surface area contributed by atoms with Gasteiger partial charge in [-0.1, -0.05) is 0 Å². The molecule has 0 saturated carbocycles. The maximum absolute atomic E-state index is 12.2.